The zero-order valence-electron chi connectivity index (χ0n) is 14.9. The molecule has 0 aromatic heterocycles. The molecule has 3 aliphatic heterocycles. The van der Waals surface area contributed by atoms with Crippen molar-refractivity contribution in [1.29, 1.82) is 0 Å². The van der Waals surface area contributed by atoms with E-state index in [0.717, 1.165) is 0 Å². The number of piperidine rings is 3. The molecule has 0 saturated carbocycles. The Morgan fingerprint density at radius 1 is 0.500 bits per heavy atom. The molecule has 24 heavy (non-hydrogen) atoms. The third kappa shape index (κ3) is 3.84. The maximum atomic E-state index is 3.75. The predicted octanol–water partition coefficient (Wildman–Crippen LogP) is 4.13. The molecule has 0 radical (unpaired) electrons. The summed E-state index contributed by atoms with van der Waals surface area (Å²) in [7, 11) is 0. The smallest absolute Gasteiger partial charge is 0.0320 e. The summed E-state index contributed by atoms with van der Waals surface area (Å²) >= 11 is 0. The number of nitrogens with one attached hydrogen (secondary N) is 3. The van der Waals surface area contributed by atoms with Crippen molar-refractivity contribution in [3.8, 4) is 0 Å². The Balaban J connectivity index is 1.63. The Labute approximate surface area is 147 Å². The molecule has 1 aromatic rings. The van der Waals surface area contributed by atoms with Gasteiger partial charge in [0, 0.05) is 18.1 Å². The summed E-state index contributed by atoms with van der Waals surface area (Å²) < 4.78 is 0. The number of rotatable bonds is 3. The molecule has 0 spiro atoms. The van der Waals surface area contributed by atoms with Gasteiger partial charge >= 0.3 is 0 Å². The van der Waals surface area contributed by atoms with E-state index in [1.54, 1.807) is 0 Å². The second kappa shape index (κ2) is 7.99. The van der Waals surface area contributed by atoms with E-state index in [4.69, 9.17) is 0 Å². The van der Waals surface area contributed by atoms with Gasteiger partial charge in [0.25, 0.3) is 0 Å². The second-order valence-electron chi connectivity index (χ2n) is 7.94. The van der Waals surface area contributed by atoms with Crippen molar-refractivity contribution in [2.75, 3.05) is 19.6 Å². The monoisotopic (exact) mass is 327 g/mol. The molecule has 0 amide bonds. The maximum Gasteiger partial charge on any atom is 0.0320 e. The molecular weight excluding hydrogens is 294 g/mol. The molecule has 1 aromatic carbocycles. The summed E-state index contributed by atoms with van der Waals surface area (Å²) in [5.74, 6) is 0. The molecule has 3 nitrogen and oxygen atoms in total. The number of benzene rings is 1. The molecule has 3 N–H and O–H groups in total. The van der Waals surface area contributed by atoms with E-state index in [2.05, 4.69) is 34.1 Å². The summed E-state index contributed by atoms with van der Waals surface area (Å²) in [6.45, 7) is 3.52. The van der Waals surface area contributed by atoms with Gasteiger partial charge in [-0.3, -0.25) is 0 Å². The average molecular weight is 328 g/mol. The van der Waals surface area contributed by atoms with Crippen LogP contribution in [0.3, 0.4) is 0 Å². The van der Waals surface area contributed by atoms with Crippen molar-refractivity contribution in [3.05, 3.63) is 34.9 Å². The van der Waals surface area contributed by atoms with Crippen LogP contribution < -0.4 is 16.0 Å². The van der Waals surface area contributed by atoms with Crippen molar-refractivity contribution in [3.63, 3.8) is 0 Å². The van der Waals surface area contributed by atoms with E-state index in [0.29, 0.717) is 18.1 Å². The largest absolute Gasteiger partial charge is 0.310 e. The highest BCUT2D eigenvalue weighted by atomic mass is 14.9. The number of hydrogen-bond donors (Lipinski definition) is 3. The van der Waals surface area contributed by atoms with E-state index >= 15 is 0 Å². The molecule has 3 heteroatoms. The topological polar surface area (TPSA) is 36.1 Å². The van der Waals surface area contributed by atoms with Crippen LogP contribution in [0.5, 0.6) is 0 Å². The highest BCUT2D eigenvalue weighted by molar-refractivity contribution is 5.36. The van der Waals surface area contributed by atoms with Gasteiger partial charge in [0.15, 0.2) is 0 Å². The minimum Gasteiger partial charge on any atom is -0.310 e. The third-order valence-corrected chi connectivity index (χ3v) is 6.14. The Kier molecular flexibility index (Phi) is 5.51. The van der Waals surface area contributed by atoms with Crippen LogP contribution in [0.4, 0.5) is 0 Å². The fourth-order valence-electron chi connectivity index (χ4n) is 4.71. The van der Waals surface area contributed by atoms with Crippen molar-refractivity contribution in [2.24, 2.45) is 0 Å². The first-order valence-electron chi connectivity index (χ1n) is 10.2. The highest BCUT2D eigenvalue weighted by Gasteiger charge is 2.23. The molecule has 0 aliphatic carbocycles. The van der Waals surface area contributed by atoms with Crippen molar-refractivity contribution >= 4 is 0 Å². The summed E-state index contributed by atoms with van der Waals surface area (Å²) in [6, 6.07) is 9.17. The van der Waals surface area contributed by atoms with Crippen LogP contribution in [0.1, 0.15) is 92.6 Å². The lowest BCUT2D eigenvalue weighted by Gasteiger charge is -2.30. The van der Waals surface area contributed by atoms with Crippen LogP contribution in [0.2, 0.25) is 0 Å². The van der Waals surface area contributed by atoms with Gasteiger partial charge in [0.1, 0.15) is 0 Å². The summed E-state index contributed by atoms with van der Waals surface area (Å²) in [5.41, 5.74) is 4.59. The third-order valence-electron chi connectivity index (χ3n) is 6.14. The molecule has 3 fully saturated rings. The van der Waals surface area contributed by atoms with E-state index in [1.807, 2.05) is 0 Å². The van der Waals surface area contributed by atoms with Crippen LogP contribution in [-0.2, 0) is 0 Å². The Morgan fingerprint density at radius 2 is 0.833 bits per heavy atom. The zero-order chi connectivity index (χ0) is 16.2. The van der Waals surface area contributed by atoms with Crippen LogP contribution in [0, 0.1) is 0 Å². The first kappa shape index (κ1) is 16.6. The molecule has 3 aliphatic rings. The average Bonchev–Trinajstić information content (AvgIpc) is 2.70. The van der Waals surface area contributed by atoms with Crippen LogP contribution in [0.25, 0.3) is 0 Å². The van der Waals surface area contributed by atoms with E-state index in [9.17, 15) is 0 Å². The van der Waals surface area contributed by atoms with Gasteiger partial charge in [-0.15, -0.1) is 0 Å². The highest BCUT2D eigenvalue weighted by Crippen LogP contribution is 2.33. The zero-order valence-corrected chi connectivity index (χ0v) is 14.9. The SMILES string of the molecule is c1c(C2CCCCN2)cc(C2CCCCN2)cc1C1CCCCN1. The van der Waals surface area contributed by atoms with Crippen molar-refractivity contribution < 1.29 is 0 Å². The number of hydrogen-bond acceptors (Lipinski definition) is 3. The summed E-state index contributed by atoms with van der Waals surface area (Å²) in [5, 5.41) is 11.3. The normalized spacial score (nSPS) is 31.8. The van der Waals surface area contributed by atoms with E-state index < -0.39 is 0 Å². The van der Waals surface area contributed by atoms with Crippen molar-refractivity contribution in [2.45, 2.75) is 75.9 Å². The van der Waals surface area contributed by atoms with Crippen molar-refractivity contribution in [1.82, 2.24) is 16.0 Å². The minimum absolute atomic E-state index is 0.560. The van der Waals surface area contributed by atoms with Crippen LogP contribution in [-0.4, -0.2) is 19.6 Å². The standard InChI is InChI=1S/C21H33N3/c1-4-10-22-19(7-1)16-13-17(20-8-2-5-11-23-20)15-18(14-16)21-9-3-6-12-24-21/h13-15,19-24H,1-12H2. The fourth-order valence-corrected chi connectivity index (χ4v) is 4.71. The fraction of sp³-hybridized carbons (Fsp3) is 0.714. The lowest BCUT2D eigenvalue weighted by molar-refractivity contribution is 0.395. The Hall–Kier alpha value is -0.900. The molecule has 3 unspecified atom stereocenters. The van der Waals surface area contributed by atoms with E-state index in [1.165, 1.54) is 94.1 Å². The first-order valence-corrected chi connectivity index (χ1v) is 10.2. The first-order chi connectivity index (χ1) is 11.9. The Morgan fingerprint density at radius 3 is 1.08 bits per heavy atom. The molecule has 4 rings (SSSR count). The van der Waals surface area contributed by atoms with Gasteiger partial charge in [0.2, 0.25) is 0 Å². The van der Waals surface area contributed by atoms with Crippen LogP contribution in [0.15, 0.2) is 18.2 Å². The van der Waals surface area contributed by atoms with Gasteiger partial charge in [-0.1, -0.05) is 37.5 Å². The second-order valence-corrected chi connectivity index (χ2v) is 7.94. The molecular formula is C21H33N3. The van der Waals surface area contributed by atoms with Gasteiger partial charge < -0.3 is 16.0 Å². The van der Waals surface area contributed by atoms with E-state index in [-0.39, 0.29) is 0 Å². The van der Waals surface area contributed by atoms with Gasteiger partial charge in [-0.25, -0.2) is 0 Å². The molecule has 3 saturated heterocycles. The Bertz CT molecular complexity index is 435. The molecule has 132 valence electrons. The lowest BCUT2D eigenvalue weighted by atomic mass is 9.87. The summed E-state index contributed by atoms with van der Waals surface area (Å²) in [4.78, 5) is 0. The lowest BCUT2D eigenvalue weighted by Crippen LogP contribution is -2.30. The van der Waals surface area contributed by atoms with Crippen LogP contribution >= 0.6 is 0 Å². The molecule has 0 bridgehead atoms. The molecule has 3 atom stereocenters. The quantitative estimate of drug-likeness (QED) is 0.781. The summed E-state index contributed by atoms with van der Waals surface area (Å²) in [6.07, 6.45) is 11.9. The van der Waals surface area contributed by atoms with Gasteiger partial charge in [-0.2, -0.15) is 0 Å². The van der Waals surface area contributed by atoms with Gasteiger partial charge in [0.05, 0.1) is 0 Å². The minimum atomic E-state index is 0.560. The maximum absolute atomic E-state index is 3.75. The molecule has 3 heterocycles. The predicted molar refractivity (Wildman–Crippen MR) is 100 cm³/mol. The van der Waals surface area contributed by atoms with Gasteiger partial charge in [-0.05, 0) is 74.8 Å².